The van der Waals surface area contributed by atoms with Crippen LogP contribution in [0.4, 0.5) is 0 Å². The van der Waals surface area contributed by atoms with Crippen molar-refractivity contribution in [2.75, 3.05) is 6.26 Å². The lowest BCUT2D eigenvalue weighted by Crippen LogP contribution is -2.08. The molecule has 0 aliphatic heterocycles. The minimum atomic E-state index is 0.648. The van der Waals surface area contributed by atoms with Gasteiger partial charge in [0.15, 0.2) is 0 Å². The predicted molar refractivity (Wildman–Crippen MR) is 53.4 cm³/mol. The molecular formula is C10H13NS. The molecule has 1 aliphatic rings. The monoisotopic (exact) mass is 179 g/mol. The summed E-state index contributed by atoms with van der Waals surface area (Å²) in [5.74, 6) is 0. The van der Waals surface area contributed by atoms with Gasteiger partial charge in [0.05, 0.1) is 5.69 Å². The minimum absolute atomic E-state index is 0.648. The van der Waals surface area contributed by atoms with Gasteiger partial charge in [0.25, 0.3) is 0 Å². The molecule has 64 valence electrons. The van der Waals surface area contributed by atoms with Crippen molar-refractivity contribution < 1.29 is 0 Å². The van der Waals surface area contributed by atoms with Crippen molar-refractivity contribution in [3.63, 3.8) is 0 Å². The van der Waals surface area contributed by atoms with Gasteiger partial charge in [-0.2, -0.15) is 11.8 Å². The molecule has 0 N–H and O–H groups in total. The van der Waals surface area contributed by atoms with E-state index in [1.54, 1.807) is 0 Å². The molecule has 12 heavy (non-hydrogen) atoms. The van der Waals surface area contributed by atoms with Gasteiger partial charge in [-0.25, -0.2) is 0 Å². The Morgan fingerprint density at radius 1 is 1.58 bits per heavy atom. The quantitative estimate of drug-likeness (QED) is 0.657. The highest BCUT2D eigenvalue weighted by Gasteiger charge is 2.19. The van der Waals surface area contributed by atoms with Crippen molar-refractivity contribution in [2.45, 2.75) is 24.5 Å². The van der Waals surface area contributed by atoms with Crippen LogP contribution in [0.1, 0.15) is 29.3 Å². The maximum absolute atomic E-state index is 4.45. The van der Waals surface area contributed by atoms with E-state index in [-0.39, 0.29) is 0 Å². The molecule has 1 aliphatic carbocycles. The van der Waals surface area contributed by atoms with Crippen LogP contribution in [0.15, 0.2) is 18.3 Å². The van der Waals surface area contributed by atoms with E-state index in [1.165, 1.54) is 30.5 Å². The molecule has 1 atom stereocenters. The molecule has 2 rings (SSSR count). The highest BCUT2D eigenvalue weighted by molar-refractivity contribution is 7.98. The zero-order valence-electron chi connectivity index (χ0n) is 7.29. The average Bonchev–Trinajstić information content (AvgIpc) is 2.17. The number of rotatable bonds is 1. The molecule has 0 unspecified atom stereocenters. The number of fused-ring (bicyclic) bond motifs is 1. The van der Waals surface area contributed by atoms with E-state index in [4.69, 9.17) is 0 Å². The van der Waals surface area contributed by atoms with Crippen LogP contribution in [0.3, 0.4) is 0 Å². The van der Waals surface area contributed by atoms with Crippen molar-refractivity contribution in [3.05, 3.63) is 29.6 Å². The first-order valence-electron chi connectivity index (χ1n) is 4.38. The summed E-state index contributed by atoms with van der Waals surface area (Å²) in [6, 6.07) is 4.26. The number of hydrogen-bond acceptors (Lipinski definition) is 2. The zero-order chi connectivity index (χ0) is 8.39. The largest absolute Gasteiger partial charge is 0.260 e. The normalized spacial score (nSPS) is 21.9. The molecule has 2 heteroatoms. The second-order valence-corrected chi connectivity index (χ2v) is 4.20. The third-order valence-corrected chi connectivity index (χ3v) is 3.46. The van der Waals surface area contributed by atoms with Gasteiger partial charge in [0.2, 0.25) is 0 Å². The molecule has 0 saturated carbocycles. The Labute approximate surface area is 77.6 Å². The molecule has 1 aromatic heterocycles. The highest BCUT2D eigenvalue weighted by Crippen LogP contribution is 2.36. The Morgan fingerprint density at radius 2 is 2.50 bits per heavy atom. The van der Waals surface area contributed by atoms with E-state index in [9.17, 15) is 0 Å². The molecule has 0 spiro atoms. The fraction of sp³-hybridized carbons (Fsp3) is 0.500. The summed E-state index contributed by atoms with van der Waals surface area (Å²) in [7, 11) is 0. The van der Waals surface area contributed by atoms with Crippen LogP contribution in [0.2, 0.25) is 0 Å². The molecule has 0 bridgehead atoms. The number of aromatic nitrogens is 1. The van der Waals surface area contributed by atoms with Crippen LogP contribution < -0.4 is 0 Å². The van der Waals surface area contributed by atoms with Crippen molar-refractivity contribution in [1.29, 1.82) is 0 Å². The number of thioether (sulfide) groups is 1. The summed E-state index contributed by atoms with van der Waals surface area (Å²) in [6.07, 6.45) is 7.93. The number of hydrogen-bond donors (Lipinski definition) is 0. The van der Waals surface area contributed by atoms with Crippen LogP contribution in [0, 0.1) is 0 Å². The van der Waals surface area contributed by atoms with Crippen LogP contribution in [-0.4, -0.2) is 11.2 Å². The lowest BCUT2D eigenvalue weighted by atomic mass is 9.96. The zero-order valence-corrected chi connectivity index (χ0v) is 8.10. The number of nitrogens with zero attached hydrogens (tertiary/aromatic N) is 1. The Balaban J connectivity index is 2.37. The van der Waals surface area contributed by atoms with E-state index in [1.807, 2.05) is 24.0 Å². The van der Waals surface area contributed by atoms with E-state index in [0.29, 0.717) is 5.25 Å². The SMILES string of the molecule is CS[C@H]1CCCc2cccnc21. The van der Waals surface area contributed by atoms with Gasteiger partial charge in [-0.3, -0.25) is 4.98 Å². The number of aryl methyl sites for hydroxylation is 1. The number of pyridine rings is 1. The van der Waals surface area contributed by atoms with Crippen molar-refractivity contribution in [3.8, 4) is 0 Å². The topological polar surface area (TPSA) is 12.9 Å². The molecule has 1 nitrogen and oxygen atoms in total. The van der Waals surface area contributed by atoms with Gasteiger partial charge in [0, 0.05) is 11.4 Å². The van der Waals surface area contributed by atoms with Crippen molar-refractivity contribution in [2.24, 2.45) is 0 Å². The first-order valence-corrected chi connectivity index (χ1v) is 5.67. The summed E-state index contributed by atoms with van der Waals surface area (Å²) in [4.78, 5) is 4.45. The summed E-state index contributed by atoms with van der Waals surface area (Å²) in [5.41, 5.74) is 2.79. The molecule has 0 amide bonds. The van der Waals surface area contributed by atoms with Crippen LogP contribution >= 0.6 is 11.8 Å². The first-order chi connectivity index (χ1) is 5.92. The first kappa shape index (κ1) is 8.11. The molecular weight excluding hydrogens is 166 g/mol. The Hall–Kier alpha value is -0.500. The molecule has 0 radical (unpaired) electrons. The summed E-state index contributed by atoms with van der Waals surface area (Å²) < 4.78 is 0. The predicted octanol–water partition coefficient (Wildman–Crippen LogP) is 2.82. The van der Waals surface area contributed by atoms with Crippen molar-refractivity contribution in [1.82, 2.24) is 4.98 Å². The molecule has 1 heterocycles. The third kappa shape index (κ3) is 1.36. The van der Waals surface area contributed by atoms with Crippen molar-refractivity contribution >= 4 is 11.8 Å². The fourth-order valence-corrected chi connectivity index (χ4v) is 2.63. The Bertz CT molecular complexity index is 272. The van der Waals surface area contributed by atoms with E-state index >= 15 is 0 Å². The summed E-state index contributed by atoms with van der Waals surface area (Å²) >= 11 is 1.93. The van der Waals surface area contributed by atoms with Crippen LogP contribution in [-0.2, 0) is 6.42 Å². The van der Waals surface area contributed by atoms with E-state index < -0.39 is 0 Å². The maximum atomic E-state index is 4.45. The summed E-state index contributed by atoms with van der Waals surface area (Å²) in [5, 5.41) is 0.648. The Kier molecular flexibility index (Phi) is 2.35. The average molecular weight is 179 g/mol. The maximum Gasteiger partial charge on any atom is 0.0565 e. The second kappa shape index (κ2) is 3.48. The van der Waals surface area contributed by atoms with E-state index in [2.05, 4.69) is 17.3 Å². The smallest absolute Gasteiger partial charge is 0.0565 e. The van der Waals surface area contributed by atoms with Gasteiger partial charge in [-0.05, 0) is 37.1 Å². The fourth-order valence-electron chi connectivity index (χ4n) is 1.80. The summed E-state index contributed by atoms with van der Waals surface area (Å²) in [6.45, 7) is 0. The van der Waals surface area contributed by atoms with Gasteiger partial charge in [0.1, 0.15) is 0 Å². The lowest BCUT2D eigenvalue weighted by molar-refractivity contribution is 0.657. The molecule has 1 aromatic rings. The second-order valence-electron chi connectivity index (χ2n) is 3.16. The van der Waals surface area contributed by atoms with Gasteiger partial charge in [-0.1, -0.05) is 6.07 Å². The molecule has 0 aromatic carbocycles. The molecule has 0 saturated heterocycles. The minimum Gasteiger partial charge on any atom is -0.260 e. The van der Waals surface area contributed by atoms with Crippen LogP contribution in [0.25, 0.3) is 0 Å². The van der Waals surface area contributed by atoms with E-state index in [0.717, 1.165) is 0 Å². The lowest BCUT2D eigenvalue weighted by Gasteiger charge is -2.22. The Morgan fingerprint density at radius 3 is 3.33 bits per heavy atom. The standard InChI is InChI=1S/C10H13NS/c1-12-9-6-2-4-8-5-3-7-11-10(8)9/h3,5,7,9H,2,4,6H2,1H3/t9-/m0/s1. The third-order valence-electron chi connectivity index (χ3n) is 2.43. The van der Waals surface area contributed by atoms with Gasteiger partial charge in [-0.15, -0.1) is 0 Å². The van der Waals surface area contributed by atoms with Crippen LogP contribution in [0.5, 0.6) is 0 Å². The highest BCUT2D eigenvalue weighted by atomic mass is 32.2. The van der Waals surface area contributed by atoms with Gasteiger partial charge < -0.3 is 0 Å². The molecule has 0 fully saturated rings. The van der Waals surface area contributed by atoms with Gasteiger partial charge >= 0.3 is 0 Å².